The number of benzene rings is 1. The minimum Gasteiger partial charge on any atom is -0.381 e. The van der Waals surface area contributed by atoms with Gasteiger partial charge in [-0.05, 0) is 38.3 Å². The van der Waals surface area contributed by atoms with Crippen molar-refractivity contribution in [1.82, 2.24) is 34.5 Å². The van der Waals surface area contributed by atoms with E-state index in [0.717, 1.165) is 34.9 Å². The van der Waals surface area contributed by atoms with E-state index < -0.39 is 15.1 Å². The van der Waals surface area contributed by atoms with Gasteiger partial charge in [-0.2, -0.15) is 5.10 Å². The van der Waals surface area contributed by atoms with Crippen molar-refractivity contribution in [2.24, 2.45) is 7.05 Å². The van der Waals surface area contributed by atoms with Crippen LogP contribution in [0, 0.1) is 6.92 Å². The van der Waals surface area contributed by atoms with Gasteiger partial charge in [0.05, 0.1) is 10.8 Å². The van der Waals surface area contributed by atoms with Gasteiger partial charge in [-0.3, -0.25) is 4.68 Å². The highest BCUT2D eigenvalue weighted by Crippen LogP contribution is 2.34. The van der Waals surface area contributed by atoms with Crippen molar-refractivity contribution >= 4 is 20.7 Å². The molecule has 4 aromatic rings. The molecule has 0 spiro atoms. The molecule has 0 N–H and O–H groups in total. The topological polar surface area (TPSA) is 118 Å². The summed E-state index contributed by atoms with van der Waals surface area (Å²) in [5.74, 6) is 1.05. The molecule has 0 saturated carbocycles. The zero-order chi connectivity index (χ0) is 25.4. The molecule has 1 aliphatic heterocycles. The maximum atomic E-state index is 13.6. The Morgan fingerprint density at radius 1 is 1.11 bits per heavy atom. The third-order valence-electron chi connectivity index (χ3n) is 7.04. The fourth-order valence-electron chi connectivity index (χ4n) is 4.76. The number of aromatic nitrogens is 7. The molecule has 4 heterocycles. The van der Waals surface area contributed by atoms with Gasteiger partial charge in [-0.25, -0.2) is 18.4 Å². The quantitative estimate of drug-likeness (QED) is 0.372. The number of fused-ring (bicyclic) bond motifs is 1. The molecule has 190 valence electrons. The number of hydrogen-bond donors (Lipinski definition) is 0. The average Bonchev–Trinajstić information content (AvgIpc) is 3.46. The second-order valence-corrected chi connectivity index (χ2v) is 12.0. The van der Waals surface area contributed by atoms with Crippen molar-refractivity contribution in [3.8, 4) is 11.4 Å². The van der Waals surface area contributed by atoms with Gasteiger partial charge >= 0.3 is 0 Å². The van der Waals surface area contributed by atoms with Gasteiger partial charge < -0.3 is 9.30 Å². The summed E-state index contributed by atoms with van der Waals surface area (Å²) in [6.45, 7) is 6.70. The van der Waals surface area contributed by atoms with E-state index in [1.54, 1.807) is 24.0 Å². The van der Waals surface area contributed by atoms with Crippen molar-refractivity contribution in [2.75, 3.05) is 13.2 Å². The molecule has 0 bridgehead atoms. The lowest BCUT2D eigenvalue weighted by molar-refractivity contribution is 0.0693. The van der Waals surface area contributed by atoms with Crippen molar-refractivity contribution in [1.29, 1.82) is 0 Å². The highest BCUT2D eigenvalue weighted by atomic mass is 32.2. The fraction of sp³-hybridized carbons (Fsp3) is 0.480. The van der Waals surface area contributed by atoms with Crippen LogP contribution in [-0.2, 0) is 27.4 Å². The Bertz CT molecular complexity index is 1470. The maximum Gasteiger partial charge on any atom is 0.164 e. The molecule has 36 heavy (non-hydrogen) atoms. The summed E-state index contributed by atoms with van der Waals surface area (Å²) < 4.78 is 36.6. The van der Waals surface area contributed by atoms with Crippen molar-refractivity contribution in [2.45, 2.75) is 56.6 Å². The number of sulfone groups is 1. The number of hydrogen-bond acceptors (Lipinski definition) is 8. The van der Waals surface area contributed by atoms with Crippen molar-refractivity contribution in [3.05, 3.63) is 54.0 Å². The minimum atomic E-state index is -3.59. The molecule has 0 radical (unpaired) electrons. The normalized spacial score (nSPS) is 16.9. The number of ether oxygens (including phenoxy) is 1. The molecular weight excluding hydrogens is 478 g/mol. The first-order valence-corrected chi connectivity index (χ1v) is 13.9. The second kappa shape index (κ2) is 9.70. The molecule has 0 unspecified atom stereocenters. The van der Waals surface area contributed by atoms with Crippen LogP contribution in [0.5, 0.6) is 0 Å². The average molecular weight is 510 g/mol. The molecule has 1 aliphatic rings. The first-order chi connectivity index (χ1) is 17.2. The Hall–Kier alpha value is -3.18. The van der Waals surface area contributed by atoms with Crippen LogP contribution < -0.4 is 0 Å². The Balaban J connectivity index is 1.53. The number of aryl methyl sites for hydroxylation is 2. The monoisotopic (exact) mass is 509 g/mol. The van der Waals surface area contributed by atoms with E-state index in [-0.39, 0.29) is 17.7 Å². The third kappa shape index (κ3) is 4.64. The SMILES string of the molecule is Cc1cnc([C@@H](C)[C@H](C)S(=O)(=O)Cc2nnc(-c3cccc4nn(C)cc34)n2C2CCOCC2)nc1. The van der Waals surface area contributed by atoms with Gasteiger partial charge in [-0.15, -0.1) is 10.2 Å². The van der Waals surface area contributed by atoms with E-state index in [4.69, 9.17) is 4.74 Å². The van der Waals surface area contributed by atoms with Gasteiger partial charge in [0.1, 0.15) is 17.4 Å². The van der Waals surface area contributed by atoms with Gasteiger partial charge in [0, 0.05) is 61.8 Å². The molecule has 3 aromatic heterocycles. The molecule has 1 saturated heterocycles. The lowest BCUT2D eigenvalue weighted by Gasteiger charge is -2.26. The van der Waals surface area contributed by atoms with Gasteiger partial charge in [0.25, 0.3) is 0 Å². The maximum absolute atomic E-state index is 13.6. The molecule has 0 amide bonds. The summed E-state index contributed by atoms with van der Waals surface area (Å²) in [5, 5.41) is 13.7. The van der Waals surface area contributed by atoms with Crippen LogP contribution in [0.4, 0.5) is 0 Å². The lowest BCUT2D eigenvalue weighted by atomic mass is 10.1. The van der Waals surface area contributed by atoms with Crippen LogP contribution in [0.2, 0.25) is 0 Å². The summed E-state index contributed by atoms with van der Waals surface area (Å²) in [4.78, 5) is 8.71. The first-order valence-electron chi connectivity index (χ1n) is 12.2. The van der Waals surface area contributed by atoms with Gasteiger partial charge in [0.2, 0.25) is 0 Å². The van der Waals surface area contributed by atoms with Crippen LogP contribution in [-0.4, -0.2) is 61.4 Å². The molecule has 0 aliphatic carbocycles. The second-order valence-electron chi connectivity index (χ2n) is 9.61. The standard InChI is InChI=1S/C25H31N7O3S/c1-16-12-26-24(27-13-16)17(2)18(3)36(33,34)15-23-28-29-25(32(23)19-8-10-35-11-9-19)20-6-5-7-22-21(20)14-31(4)30-22/h5-7,12-14,17-19H,8-11,15H2,1-4H3/t17-,18-/m0/s1. The predicted molar refractivity (Wildman–Crippen MR) is 136 cm³/mol. The molecule has 10 nitrogen and oxygen atoms in total. The Kier molecular flexibility index (Phi) is 6.60. The highest BCUT2D eigenvalue weighted by molar-refractivity contribution is 7.91. The van der Waals surface area contributed by atoms with E-state index in [0.29, 0.717) is 30.7 Å². The van der Waals surface area contributed by atoms with Crippen LogP contribution in [0.1, 0.15) is 55.9 Å². The van der Waals surface area contributed by atoms with E-state index in [1.807, 2.05) is 49.9 Å². The van der Waals surface area contributed by atoms with Crippen LogP contribution in [0.25, 0.3) is 22.3 Å². The Morgan fingerprint density at radius 2 is 1.83 bits per heavy atom. The summed E-state index contributed by atoms with van der Waals surface area (Å²) in [6, 6.07) is 5.93. The van der Waals surface area contributed by atoms with Crippen molar-refractivity contribution < 1.29 is 13.2 Å². The zero-order valence-corrected chi connectivity index (χ0v) is 21.8. The molecular formula is C25H31N7O3S. The summed E-state index contributed by atoms with van der Waals surface area (Å²) in [7, 11) is -1.71. The molecule has 1 aromatic carbocycles. The number of nitrogens with zero attached hydrogens (tertiary/aromatic N) is 7. The van der Waals surface area contributed by atoms with Gasteiger partial charge in [-0.1, -0.05) is 19.1 Å². The lowest BCUT2D eigenvalue weighted by Crippen LogP contribution is -2.29. The number of rotatable bonds is 7. The molecule has 11 heteroatoms. The van der Waals surface area contributed by atoms with Crippen LogP contribution >= 0.6 is 0 Å². The zero-order valence-electron chi connectivity index (χ0n) is 21.0. The smallest absolute Gasteiger partial charge is 0.164 e. The Labute approximate surface area is 210 Å². The van der Waals surface area contributed by atoms with E-state index in [1.165, 1.54) is 0 Å². The van der Waals surface area contributed by atoms with Gasteiger partial charge in [0.15, 0.2) is 15.7 Å². The fourth-order valence-corrected chi connectivity index (χ4v) is 6.32. The highest BCUT2D eigenvalue weighted by Gasteiger charge is 2.33. The van der Waals surface area contributed by atoms with Crippen molar-refractivity contribution in [3.63, 3.8) is 0 Å². The van der Waals surface area contributed by atoms with E-state index >= 15 is 0 Å². The Morgan fingerprint density at radius 3 is 2.56 bits per heavy atom. The largest absolute Gasteiger partial charge is 0.381 e. The first kappa shape index (κ1) is 24.5. The summed E-state index contributed by atoms with van der Waals surface area (Å²) >= 11 is 0. The minimum absolute atomic E-state index is 0.0500. The molecule has 2 atom stereocenters. The summed E-state index contributed by atoms with van der Waals surface area (Å²) in [6.07, 6.45) is 6.92. The molecule has 5 rings (SSSR count). The predicted octanol–water partition coefficient (Wildman–Crippen LogP) is 3.39. The third-order valence-corrected chi connectivity index (χ3v) is 9.24. The molecule has 1 fully saturated rings. The van der Waals surface area contributed by atoms with E-state index in [2.05, 4.69) is 25.3 Å². The van der Waals surface area contributed by atoms with Crippen LogP contribution in [0.3, 0.4) is 0 Å². The van der Waals surface area contributed by atoms with Crippen LogP contribution in [0.15, 0.2) is 36.8 Å². The summed E-state index contributed by atoms with van der Waals surface area (Å²) in [5.41, 5.74) is 2.67. The van der Waals surface area contributed by atoms with E-state index in [9.17, 15) is 8.42 Å².